The molecule has 0 aliphatic carbocycles. The van der Waals surface area contributed by atoms with Crippen molar-refractivity contribution < 1.29 is 14.2 Å². The number of ether oxygens (including phenoxy) is 3. The number of rotatable bonds is 7. The predicted octanol–water partition coefficient (Wildman–Crippen LogP) is 2.18. The Morgan fingerprint density at radius 3 is 2.09 bits per heavy atom. The van der Waals surface area contributed by atoms with Gasteiger partial charge >= 0.3 is 0 Å². The van der Waals surface area contributed by atoms with E-state index in [1.165, 1.54) is 0 Å². The summed E-state index contributed by atoms with van der Waals surface area (Å²) in [5, 5.41) is 6.02. The SMILES string of the molecule is CNc1ncc(Cc2cc(OC)c(OC)c(OC)c2)c(NC)n1. The summed E-state index contributed by atoms with van der Waals surface area (Å²) in [4.78, 5) is 8.68. The van der Waals surface area contributed by atoms with E-state index < -0.39 is 0 Å². The van der Waals surface area contributed by atoms with Crippen LogP contribution >= 0.6 is 0 Å². The van der Waals surface area contributed by atoms with Gasteiger partial charge in [0.2, 0.25) is 11.7 Å². The van der Waals surface area contributed by atoms with Crippen molar-refractivity contribution in [2.24, 2.45) is 0 Å². The second-order valence-electron chi connectivity index (χ2n) is 4.78. The Balaban J connectivity index is 2.40. The van der Waals surface area contributed by atoms with Crippen LogP contribution in [0.4, 0.5) is 11.8 Å². The lowest BCUT2D eigenvalue weighted by atomic mass is 10.1. The van der Waals surface area contributed by atoms with Gasteiger partial charge in [-0.1, -0.05) is 0 Å². The average molecular weight is 318 g/mol. The quantitative estimate of drug-likeness (QED) is 0.810. The lowest BCUT2D eigenvalue weighted by molar-refractivity contribution is 0.324. The highest BCUT2D eigenvalue weighted by atomic mass is 16.5. The van der Waals surface area contributed by atoms with Crippen LogP contribution in [-0.4, -0.2) is 45.4 Å². The monoisotopic (exact) mass is 318 g/mol. The molecule has 0 saturated carbocycles. The molecule has 124 valence electrons. The number of benzene rings is 1. The number of aromatic nitrogens is 2. The maximum atomic E-state index is 5.39. The Kier molecular flexibility index (Phi) is 5.46. The summed E-state index contributed by atoms with van der Waals surface area (Å²) in [6.07, 6.45) is 2.44. The third-order valence-electron chi connectivity index (χ3n) is 3.44. The molecule has 0 aliphatic heterocycles. The predicted molar refractivity (Wildman–Crippen MR) is 90.0 cm³/mol. The minimum atomic E-state index is 0.572. The van der Waals surface area contributed by atoms with E-state index in [1.807, 2.05) is 19.2 Å². The minimum Gasteiger partial charge on any atom is -0.493 e. The first kappa shape index (κ1) is 16.7. The Morgan fingerprint density at radius 1 is 0.957 bits per heavy atom. The molecule has 2 aromatic rings. The Bertz CT molecular complexity index is 651. The van der Waals surface area contributed by atoms with Gasteiger partial charge in [-0.25, -0.2) is 4.98 Å². The van der Waals surface area contributed by atoms with Gasteiger partial charge in [0.05, 0.1) is 21.3 Å². The van der Waals surface area contributed by atoms with Gasteiger partial charge in [0, 0.05) is 32.3 Å². The van der Waals surface area contributed by atoms with Gasteiger partial charge in [0.1, 0.15) is 5.82 Å². The highest BCUT2D eigenvalue weighted by molar-refractivity contribution is 5.56. The number of hydrogen-bond acceptors (Lipinski definition) is 7. The van der Waals surface area contributed by atoms with Gasteiger partial charge < -0.3 is 24.8 Å². The van der Waals surface area contributed by atoms with E-state index in [0.29, 0.717) is 29.6 Å². The average Bonchev–Trinajstić information content (AvgIpc) is 2.60. The fourth-order valence-corrected chi connectivity index (χ4v) is 2.33. The first-order chi connectivity index (χ1) is 11.2. The van der Waals surface area contributed by atoms with Crippen LogP contribution in [-0.2, 0) is 6.42 Å². The maximum Gasteiger partial charge on any atom is 0.224 e. The van der Waals surface area contributed by atoms with Gasteiger partial charge in [0.25, 0.3) is 0 Å². The smallest absolute Gasteiger partial charge is 0.224 e. The second kappa shape index (κ2) is 7.53. The summed E-state index contributed by atoms with van der Waals surface area (Å²) >= 11 is 0. The van der Waals surface area contributed by atoms with E-state index in [9.17, 15) is 0 Å². The Morgan fingerprint density at radius 2 is 1.61 bits per heavy atom. The van der Waals surface area contributed by atoms with Crippen LogP contribution in [0.25, 0.3) is 0 Å². The molecule has 2 N–H and O–H groups in total. The van der Waals surface area contributed by atoms with Crippen molar-refractivity contribution in [1.82, 2.24) is 9.97 Å². The number of nitrogens with one attached hydrogen (secondary N) is 2. The van der Waals surface area contributed by atoms with E-state index in [0.717, 1.165) is 16.9 Å². The largest absolute Gasteiger partial charge is 0.493 e. The molecule has 7 nitrogen and oxygen atoms in total. The summed E-state index contributed by atoms with van der Waals surface area (Å²) in [5.74, 6) is 3.18. The van der Waals surface area contributed by atoms with Crippen molar-refractivity contribution in [3.63, 3.8) is 0 Å². The third kappa shape index (κ3) is 3.56. The lowest BCUT2D eigenvalue weighted by Gasteiger charge is -2.15. The van der Waals surface area contributed by atoms with Crippen LogP contribution in [0.1, 0.15) is 11.1 Å². The molecule has 7 heteroatoms. The molecule has 0 spiro atoms. The molecule has 1 heterocycles. The second-order valence-corrected chi connectivity index (χ2v) is 4.78. The summed E-state index contributed by atoms with van der Waals surface area (Å²) in [6.45, 7) is 0. The molecular formula is C16H22N4O3. The summed E-state index contributed by atoms with van der Waals surface area (Å²) in [5.41, 5.74) is 1.98. The highest BCUT2D eigenvalue weighted by Gasteiger charge is 2.15. The summed E-state index contributed by atoms with van der Waals surface area (Å²) in [6, 6.07) is 3.85. The van der Waals surface area contributed by atoms with Gasteiger partial charge in [-0.05, 0) is 17.7 Å². The Labute approximate surface area is 136 Å². The summed E-state index contributed by atoms with van der Waals surface area (Å²) < 4.78 is 16.1. The van der Waals surface area contributed by atoms with Gasteiger partial charge in [-0.15, -0.1) is 0 Å². The van der Waals surface area contributed by atoms with Gasteiger partial charge in [-0.3, -0.25) is 0 Å². The van der Waals surface area contributed by atoms with Crippen molar-refractivity contribution in [2.75, 3.05) is 46.1 Å². The fourth-order valence-electron chi connectivity index (χ4n) is 2.33. The number of hydrogen-bond donors (Lipinski definition) is 2. The zero-order valence-corrected chi connectivity index (χ0v) is 14.1. The standard InChI is InChI=1S/C16H22N4O3/c1-17-15-11(9-19-16(18-2)20-15)6-10-7-12(21-3)14(23-5)13(8-10)22-4/h7-9H,6H2,1-5H3,(H2,17,18,19,20). The number of nitrogens with zero attached hydrogens (tertiary/aromatic N) is 2. The van der Waals surface area contributed by atoms with Crippen LogP contribution in [0.2, 0.25) is 0 Å². The molecule has 23 heavy (non-hydrogen) atoms. The number of methoxy groups -OCH3 is 3. The van der Waals surface area contributed by atoms with Crippen molar-refractivity contribution in [3.8, 4) is 17.2 Å². The van der Waals surface area contributed by atoms with Crippen LogP contribution in [0.5, 0.6) is 17.2 Å². The molecule has 1 aromatic heterocycles. The van der Waals surface area contributed by atoms with Crippen LogP contribution in [0, 0.1) is 0 Å². The molecule has 0 saturated heterocycles. The van der Waals surface area contributed by atoms with Crippen LogP contribution < -0.4 is 24.8 Å². The van der Waals surface area contributed by atoms with Gasteiger partial charge in [-0.2, -0.15) is 4.98 Å². The van der Waals surface area contributed by atoms with Crippen molar-refractivity contribution in [1.29, 1.82) is 0 Å². The topological polar surface area (TPSA) is 77.5 Å². The molecule has 0 amide bonds. The van der Waals surface area contributed by atoms with Gasteiger partial charge in [0.15, 0.2) is 11.5 Å². The minimum absolute atomic E-state index is 0.572. The first-order valence-electron chi connectivity index (χ1n) is 7.17. The fraction of sp³-hybridized carbons (Fsp3) is 0.375. The van der Waals surface area contributed by atoms with E-state index in [-0.39, 0.29) is 0 Å². The maximum absolute atomic E-state index is 5.39. The van der Waals surface area contributed by atoms with Crippen LogP contribution in [0.3, 0.4) is 0 Å². The van der Waals surface area contributed by atoms with E-state index in [4.69, 9.17) is 14.2 Å². The third-order valence-corrected chi connectivity index (χ3v) is 3.44. The lowest BCUT2D eigenvalue weighted by Crippen LogP contribution is -2.05. The zero-order valence-electron chi connectivity index (χ0n) is 14.1. The molecule has 0 unspecified atom stereocenters. The molecule has 0 radical (unpaired) electrons. The molecule has 0 bridgehead atoms. The normalized spacial score (nSPS) is 10.1. The molecule has 0 aliphatic rings. The zero-order chi connectivity index (χ0) is 16.8. The van der Waals surface area contributed by atoms with E-state index >= 15 is 0 Å². The van der Waals surface area contributed by atoms with Crippen molar-refractivity contribution in [3.05, 3.63) is 29.5 Å². The highest BCUT2D eigenvalue weighted by Crippen LogP contribution is 2.38. The summed E-state index contributed by atoms with van der Waals surface area (Å²) in [7, 11) is 8.41. The molecule has 0 fully saturated rings. The Hall–Kier alpha value is -2.70. The van der Waals surface area contributed by atoms with Crippen LogP contribution in [0.15, 0.2) is 18.3 Å². The number of anilines is 2. The van der Waals surface area contributed by atoms with E-state index in [2.05, 4.69) is 20.6 Å². The van der Waals surface area contributed by atoms with Crippen molar-refractivity contribution >= 4 is 11.8 Å². The van der Waals surface area contributed by atoms with Crippen molar-refractivity contribution in [2.45, 2.75) is 6.42 Å². The molecular weight excluding hydrogens is 296 g/mol. The van der Waals surface area contributed by atoms with E-state index in [1.54, 1.807) is 34.6 Å². The molecule has 0 atom stereocenters. The molecule has 1 aromatic carbocycles. The first-order valence-corrected chi connectivity index (χ1v) is 7.17. The molecule has 2 rings (SSSR count).